The molecule has 8 heteroatoms. The van der Waals surface area contributed by atoms with Crippen molar-refractivity contribution in [1.29, 1.82) is 0 Å². The SMILES string of the molecule is CN(C)C1CCN(S(=O)(=O)c2cccnc2C(N)=S)C1. The van der Waals surface area contributed by atoms with Crippen LogP contribution in [0.5, 0.6) is 0 Å². The first-order valence-electron chi connectivity index (χ1n) is 6.25. The van der Waals surface area contributed by atoms with Gasteiger partial charge in [0.15, 0.2) is 0 Å². The van der Waals surface area contributed by atoms with Crippen LogP contribution in [0.2, 0.25) is 0 Å². The molecule has 110 valence electrons. The smallest absolute Gasteiger partial charge is 0.245 e. The zero-order valence-corrected chi connectivity index (χ0v) is 13.1. The number of hydrogen-bond acceptors (Lipinski definition) is 5. The highest BCUT2D eigenvalue weighted by atomic mass is 32.2. The predicted molar refractivity (Wildman–Crippen MR) is 81.0 cm³/mol. The summed E-state index contributed by atoms with van der Waals surface area (Å²) in [7, 11) is 0.295. The van der Waals surface area contributed by atoms with Crippen molar-refractivity contribution in [2.45, 2.75) is 17.4 Å². The number of aromatic nitrogens is 1. The average Bonchev–Trinajstić information content (AvgIpc) is 2.89. The largest absolute Gasteiger partial charge is 0.388 e. The molecule has 1 aromatic heterocycles. The van der Waals surface area contributed by atoms with Crippen LogP contribution in [-0.2, 0) is 10.0 Å². The molecule has 0 radical (unpaired) electrons. The molecule has 0 aromatic carbocycles. The summed E-state index contributed by atoms with van der Waals surface area (Å²) < 4.78 is 26.8. The Kier molecular flexibility index (Phi) is 4.38. The fraction of sp³-hybridized carbons (Fsp3) is 0.500. The Morgan fingerprint density at radius 3 is 2.80 bits per heavy atom. The van der Waals surface area contributed by atoms with Crippen molar-refractivity contribution in [3.63, 3.8) is 0 Å². The Morgan fingerprint density at radius 1 is 1.55 bits per heavy atom. The van der Waals surface area contributed by atoms with Crippen LogP contribution in [0.25, 0.3) is 0 Å². The number of nitrogens with two attached hydrogens (primary N) is 1. The van der Waals surface area contributed by atoms with Gasteiger partial charge < -0.3 is 10.6 Å². The van der Waals surface area contributed by atoms with E-state index in [0.717, 1.165) is 6.42 Å². The molecule has 2 heterocycles. The Hall–Kier alpha value is -1.09. The van der Waals surface area contributed by atoms with Crippen molar-refractivity contribution in [3.05, 3.63) is 24.0 Å². The molecule has 0 aliphatic carbocycles. The van der Waals surface area contributed by atoms with Crippen molar-refractivity contribution >= 4 is 27.2 Å². The number of hydrogen-bond donors (Lipinski definition) is 1. The second kappa shape index (κ2) is 5.72. The van der Waals surface area contributed by atoms with Crippen LogP contribution >= 0.6 is 12.2 Å². The van der Waals surface area contributed by atoms with Crippen molar-refractivity contribution in [2.24, 2.45) is 5.73 Å². The van der Waals surface area contributed by atoms with Crippen molar-refractivity contribution in [2.75, 3.05) is 27.2 Å². The van der Waals surface area contributed by atoms with E-state index in [2.05, 4.69) is 4.98 Å². The van der Waals surface area contributed by atoms with Crippen LogP contribution in [0.3, 0.4) is 0 Å². The average molecular weight is 314 g/mol. The minimum atomic E-state index is -3.60. The van der Waals surface area contributed by atoms with E-state index in [1.54, 1.807) is 6.07 Å². The van der Waals surface area contributed by atoms with Crippen LogP contribution < -0.4 is 5.73 Å². The van der Waals surface area contributed by atoms with Crippen LogP contribution in [0, 0.1) is 0 Å². The van der Waals surface area contributed by atoms with Crippen LogP contribution in [0.4, 0.5) is 0 Å². The summed E-state index contributed by atoms with van der Waals surface area (Å²) in [5, 5.41) is 0. The van der Waals surface area contributed by atoms with Gasteiger partial charge in [0.25, 0.3) is 0 Å². The maximum atomic E-state index is 12.7. The number of sulfonamides is 1. The molecule has 20 heavy (non-hydrogen) atoms. The summed E-state index contributed by atoms with van der Waals surface area (Å²) in [5.74, 6) is 0. The Labute approximate surface area is 124 Å². The zero-order valence-electron chi connectivity index (χ0n) is 11.5. The highest BCUT2D eigenvalue weighted by Gasteiger charge is 2.35. The maximum Gasteiger partial charge on any atom is 0.245 e. The van der Waals surface area contributed by atoms with Gasteiger partial charge in [0.05, 0.1) is 0 Å². The first-order valence-corrected chi connectivity index (χ1v) is 8.10. The minimum Gasteiger partial charge on any atom is -0.388 e. The van der Waals surface area contributed by atoms with E-state index < -0.39 is 10.0 Å². The molecule has 0 amide bonds. The molecule has 0 saturated carbocycles. The van der Waals surface area contributed by atoms with Gasteiger partial charge in [-0.05, 0) is 32.6 Å². The molecule has 0 bridgehead atoms. The van der Waals surface area contributed by atoms with Gasteiger partial charge in [0.2, 0.25) is 10.0 Å². The summed E-state index contributed by atoms with van der Waals surface area (Å²) in [5.41, 5.74) is 5.73. The predicted octanol–water partition coefficient (Wildman–Crippen LogP) is 0.0404. The molecule has 1 unspecified atom stereocenters. The molecule has 2 rings (SSSR count). The van der Waals surface area contributed by atoms with Crippen LogP contribution in [0.15, 0.2) is 23.2 Å². The third kappa shape index (κ3) is 2.83. The topological polar surface area (TPSA) is 79.5 Å². The molecule has 1 aliphatic heterocycles. The molecule has 0 spiro atoms. The van der Waals surface area contributed by atoms with Gasteiger partial charge in [-0.15, -0.1) is 0 Å². The lowest BCUT2D eigenvalue weighted by molar-refractivity contribution is 0.302. The summed E-state index contributed by atoms with van der Waals surface area (Å²) in [6.07, 6.45) is 2.30. The summed E-state index contributed by atoms with van der Waals surface area (Å²) in [6, 6.07) is 3.31. The fourth-order valence-electron chi connectivity index (χ4n) is 2.27. The number of pyridine rings is 1. The number of rotatable bonds is 4. The molecule has 1 aliphatic rings. The molecule has 1 saturated heterocycles. The first-order chi connectivity index (χ1) is 9.34. The van der Waals surface area contributed by atoms with Gasteiger partial charge in [0.1, 0.15) is 15.6 Å². The van der Waals surface area contributed by atoms with Crippen molar-refractivity contribution < 1.29 is 8.42 Å². The number of likely N-dealkylation sites (N-methyl/N-ethyl adjacent to an activating group) is 1. The summed E-state index contributed by atoms with van der Waals surface area (Å²) in [6.45, 7) is 0.970. The van der Waals surface area contributed by atoms with E-state index in [4.69, 9.17) is 18.0 Å². The molecular weight excluding hydrogens is 296 g/mol. The second-order valence-electron chi connectivity index (χ2n) is 4.98. The Morgan fingerprint density at radius 2 is 2.25 bits per heavy atom. The highest BCUT2D eigenvalue weighted by molar-refractivity contribution is 7.89. The molecular formula is C12H18N4O2S2. The van der Waals surface area contributed by atoms with Gasteiger partial charge in [-0.2, -0.15) is 4.31 Å². The molecule has 6 nitrogen and oxygen atoms in total. The van der Waals surface area contributed by atoms with E-state index in [9.17, 15) is 8.42 Å². The Bertz CT molecular complexity index is 616. The molecule has 2 N–H and O–H groups in total. The normalized spacial score (nSPS) is 20.4. The van der Waals surface area contributed by atoms with Gasteiger partial charge in [0, 0.05) is 25.3 Å². The van der Waals surface area contributed by atoms with Gasteiger partial charge in [-0.25, -0.2) is 8.42 Å². The van der Waals surface area contributed by atoms with E-state index in [0.29, 0.717) is 13.1 Å². The van der Waals surface area contributed by atoms with E-state index in [1.807, 2.05) is 19.0 Å². The van der Waals surface area contributed by atoms with Crippen LogP contribution in [0.1, 0.15) is 12.1 Å². The number of thiocarbonyl (C=S) groups is 1. The Balaban J connectivity index is 2.35. The first kappa shape index (κ1) is 15.3. The molecule has 1 atom stereocenters. The lowest BCUT2D eigenvalue weighted by atomic mass is 10.2. The minimum absolute atomic E-state index is 0.00692. The highest BCUT2D eigenvalue weighted by Crippen LogP contribution is 2.24. The monoisotopic (exact) mass is 314 g/mol. The standard InChI is InChI=1S/C12H18N4O2S2/c1-15(2)9-5-7-16(8-9)20(17,18)10-4-3-6-14-11(10)12(13)19/h3-4,6,9H,5,7-8H2,1-2H3,(H2,13,19). The summed E-state index contributed by atoms with van der Waals surface area (Å²) >= 11 is 4.88. The quantitative estimate of drug-likeness (QED) is 0.791. The third-order valence-corrected chi connectivity index (χ3v) is 5.57. The maximum absolute atomic E-state index is 12.7. The zero-order chi connectivity index (χ0) is 14.9. The second-order valence-corrected chi connectivity index (χ2v) is 7.33. The lowest BCUT2D eigenvalue weighted by Crippen LogP contribution is -2.35. The third-order valence-electron chi connectivity index (χ3n) is 3.48. The summed E-state index contributed by atoms with van der Waals surface area (Å²) in [4.78, 5) is 6.11. The van der Waals surface area contributed by atoms with Gasteiger partial charge >= 0.3 is 0 Å². The molecule has 1 aromatic rings. The van der Waals surface area contributed by atoms with E-state index in [1.165, 1.54) is 16.6 Å². The van der Waals surface area contributed by atoms with Gasteiger partial charge in [-0.1, -0.05) is 12.2 Å². The van der Waals surface area contributed by atoms with E-state index >= 15 is 0 Å². The van der Waals surface area contributed by atoms with E-state index in [-0.39, 0.29) is 21.6 Å². The number of nitrogens with zero attached hydrogens (tertiary/aromatic N) is 3. The lowest BCUT2D eigenvalue weighted by Gasteiger charge is -2.21. The van der Waals surface area contributed by atoms with Gasteiger partial charge in [-0.3, -0.25) is 4.98 Å². The molecule has 1 fully saturated rings. The fourth-order valence-corrected chi connectivity index (χ4v) is 4.15. The van der Waals surface area contributed by atoms with Crippen LogP contribution in [-0.4, -0.2) is 60.8 Å². The van der Waals surface area contributed by atoms with Crippen molar-refractivity contribution in [3.8, 4) is 0 Å². The van der Waals surface area contributed by atoms with Crippen molar-refractivity contribution in [1.82, 2.24) is 14.2 Å².